The smallest absolute Gasteiger partial charge is 0.127 e. The Hall–Kier alpha value is -2.46. The number of nitrogens with one attached hydrogen (secondary N) is 1. The third-order valence-electron chi connectivity index (χ3n) is 4.93. The van der Waals surface area contributed by atoms with Crippen molar-refractivity contribution in [2.75, 3.05) is 0 Å². The van der Waals surface area contributed by atoms with E-state index in [2.05, 4.69) is 39.4 Å². The molecule has 0 saturated carbocycles. The van der Waals surface area contributed by atoms with Gasteiger partial charge in [-0.3, -0.25) is 4.68 Å². The molecule has 1 N–H and O–H groups in total. The van der Waals surface area contributed by atoms with E-state index in [1.54, 1.807) is 6.07 Å². The molecule has 0 bridgehead atoms. The van der Waals surface area contributed by atoms with Gasteiger partial charge in [-0.05, 0) is 30.9 Å². The topological polar surface area (TPSA) is 29.9 Å². The summed E-state index contributed by atoms with van der Waals surface area (Å²) in [6.45, 7) is 1.34. The molecule has 1 aliphatic rings. The first-order chi connectivity index (χ1) is 12.3. The van der Waals surface area contributed by atoms with Gasteiger partial charge in [-0.15, -0.1) is 0 Å². The molecule has 1 aliphatic carbocycles. The summed E-state index contributed by atoms with van der Waals surface area (Å²) in [6, 6.07) is 17.6. The lowest BCUT2D eigenvalue weighted by molar-refractivity contribution is 0.444. The van der Waals surface area contributed by atoms with Gasteiger partial charge in [0.15, 0.2) is 0 Å². The first-order valence-electron chi connectivity index (χ1n) is 8.86. The molecule has 1 atom stereocenters. The lowest BCUT2D eigenvalue weighted by atomic mass is 9.92. The highest BCUT2D eigenvalue weighted by Gasteiger charge is 2.24. The average molecular weight is 335 g/mol. The van der Waals surface area contributed by atoms with Crippen LogP contribution in [0.15, 0.2) is 60.8 Å². The molecular weight excluding hydrogens is 313 g/mol. The summed E-state index contributed by atoms with van der Waals surface area (Å²) in [5, 5.41) is 8.14. The van der Waals surface area contributed by atoms with Crippen molar-refractivity contribution in [2.45, 2.75) is 38.4 Å². The van der Waals surface area contributed by atoms with Gasteiger partial charge >= 0.3 is 0 Å². The quantitative estimate of drug-likeness (QED) is 0.756. The summed E-state index contributed by atoms with van der Waals surface area (Å²) in [4.78, 5) is 0. The lowest BCUT2D eigenvalue weighted by Gasteiger charge is -2.24. The van der Waals surface area contributed by atoms with Crippen LogP contribution in [-0.2, 0) is 19.5 Å². The zero-order valence-electron chi connectivity index (χ0n) is 14.2. The fourth-order valence-electron chi connectivity index (χ4n) is 3.60. The second-order valence-electron chi connectivity index (χ2n) is 6.61. The molecule has 0 spiro atoms. The van der Waals surface area contributed by atoms with Crippen molar-refractivity contribution in [2.24, 2.45) is 0 Å². The Labute approximate surface area is 147 Å². The minimum Gasteiger partial charge on any atom is -0.306 e. The highest BCUT2D eigenvalue weighted by Crippen LogP contribution is 2.30. The fourth-order valence-corrected chi connectivity index (χ4v) is 3.60. The van der Waals surface area contributed by atoms with Crippen molar-refractivity contribution < 1.29 is 4.39 Å². The van der Waals surface area contributed by atoms with Gasteiger partial charge in [-0.2, -0.15) is 5.10 Å². The molecule has 128 valence electrons. The lowest BCUT2D eigenvalue weighted by Crippen LogP contribution is -2.25. The molecule has 4 rings (SSSR count). The molecule has 1 heterocycles. The van der Waals surface area contributed by atoms with E-state index in [-0.39, 0.29) is 11.9 Å². The van der Waals surface area contributed by atoms with Crippen LogP contribution in [0.3, 0.4) is 0 Å². The third kappa shape index (κ3) is 3.49. The molecule has 1 aromatic heterocycles. The standard InChI is InChI=1S/C21H22FN3/c22-19-10-5-4-9-17(19)13-23-20-11-6-12-21-18(20)14-24-25(21)15-16-7-2-1-3-8-16/h1-5,7-10,14,20,23H,6,11-13,15H2/t20-/m1/s1. The molecule has 25 heavy (non-hydrogen) atoms. The molecule has 3 nitrogen and oxygen atoms in total. The highest BCUT2D eigenvalue weighted by atomic mass is 19.1. The fraction of sp³-hybridized carbons (Fsp3) is 0.286. The normalized spacial score (nSPS) is 16.6. The minimum atomic E-state index is -0.147. The van der Waals surface area contributed by atoms with Crippen LogP contribution in [0.4, 0.5) is 4.39 Å². The molecule has 0 radical (unpaired) electrons. The number of nitrogens with zero attached hydrogens (tertiary/aromatic N) is 2. The van der Waals surface area contributed by atoms with Gasteiger partial charge in [0.05, 0.1) is 12.7 Å². The number of aromatic nitrogens is 2. The first-order valence-corrected chi connectivity index (χ1v) is 8.86. The Morgan fingerprint density at radius 3 is 2.72 bits per heavy atom. The van der Waals surface area contributed by atoms with Crippen molar-refractivity contribution >= 4 is 0 Å². The number of hydrogen-bond donors (Lipinski definition) is 1. The van der Waals surface area contributed by atoms with Gasteiger partial charge in [-0.1, -0.05) is 48.5 Å². The number of halogens is 1. The predicted octanol–water partition coefficient (Wildman–Crippen LogP) is 4.24. The van der Waals surface area contributed by atoms with Crippen LogP contribution in [0.2, 0.25) is 0 Å². The van der Waals surface area contributed by atoms with Crippen LogP contribution >= 0.6 is 0 Å². The van der Waals surface area contributed by atoms with Gasteiger partial charge in [0, 0.05) is 29.4 Å². The van der Waals surface area contributed by atoms with Crippen molar-refractivity contribution in [3.63, 3.8) is 0 Å². The Morgan fingerprint density at radius 2 is 1.88 bits per heavy atom. The van der Waals surface area contributed by atoms with E-state index in [4.69, 9.17) is 0 Å². The zero-order valence-corrected chi connectivity index (χ0v) is 14.2. The van der Waals surface area contributed by atoms with E-state index in [1.807, 2.05) is 24.4 Å². The first kappa shape index (κ1) is 16.0. The summed E-state index contributed by atoms with van der Waals surface area (Å²) in [6.07, 6.45) is 5.23. The van der Waals surface area contributed by atoms with Crippen molar-refractivity contribution in [1.82, 2.24) is 15.1 Å². The van der Waals surface area contributed by atoms with Gasteiger partial charge in [0.25, 0.3) is 0 Å². The van der Waals surface area contributed by atoms with Crippen molar-refractivity contribution in [1.29, 1.82) is 0 Å². The van der Waals surface area contributed by atoms with Crippen LogP contribution < -0.4 is 5.32 Å². The Balaban J connectivity index is 1.50. The number of benzene rings is 2. The van der Waals surface area contributed by atoms with Gasteiger partial charge in [0.2, 0.25) is 0 Å². The number of hydrogen-bond acceptors (Lipinski definition) is 2. The predicted molar refractivity (Wildman–Crippen MR) is 96.7 cm³/mol. The zero-order chi connectivity index (χ0) is 17.1. The van der Waals surface area contributed by atoms with Crippen LogP contribution in [-0.4, -0.2) is 9.78 Å². The van der Waals surface area contributed by atoms with Gasteiger partial charge < -0.3 is 5.32 Å². The molecule has 3 aromatic rings. The van der Waals surface area contributed by atoms with Crippen molar-refractivity contribution in [3.8, 4) is 0 Å². The summed E-state index contributed by atoms with van der Waals surface area (Å²) in [7, 11) is 0. The Kier molecular flexibility index (Phi) is 4.61. The maximum Gasteiger partial charge on any atom is 0.127 e. The summed E-state index contributed by atoms with van der Waals surface area (Å²) >= 11 is 0. The molecule has 0 aliphatic heterocycles. The molecule has 2 aromatic carbocycles. The van der Waals surface area contributed by atoms with Gasteiger partial charge in [-0.25, -0.2) is 4.39 Å². The Bertz CT molecular complexity index is 841. The molecule has 4 heteroatoms. The van der Waals surface area contributed by atoms with Gasteiger partial charge in [0.1, 0.15) is 5.82 Å². The monoisotopic (exact) mass is 335 g/mol. The SMILES string of the molecule is Fc1ccccc1CN[C@@H]1CCCc2c1cnn2Cc1ccccc1. The maximum absolute atomic E-state index is 13.8. The average Bonchev–Trinajstić information content (AvgIpc) is 3.05. The van der Waals surface area contributed by atoms with Crippen LogP contribution in [0.5, 0.6) is 0 Å². The van der Waals surface area contributed by atoms with E-state index in [9.17, 15) is 4.39 Å². The molecule has 0 fully saturated rings. The summed E-state index contributed by atoms with van der Waals surface area (Å²) < 4.78 is 15.9. The maximum atomic E-state index is 13.8. The van der Waals surface area contributed by atoms with E-state index in [0.29, 0.717) is 12.1 Å². The second-order valence-corrected chi connectivity index (χ2v) is 6.61. The van der Waals surface area contributed by atoms with E-state index in [1.165, 1.54) is 22.9 Å². The van der Waals surface area contributed by atoms with E-state index < -0.39 is 0 Å². The van der Waals surface area contributed by atoms with Crippen LogP contribution in [0.1, 0.15) is 41.3 Å². The molecule has 0 unspecified atom stereocenters. The third-order valence-corrected chi connectivity index (χ3v) is 4.93. The number of fused-ring (bicyclic) bond motifs is 1. The molecule has 0 saturated heterocycles. The Morgan fingerprint density at radius 1 is 1.08 bits per heavy atom. The van der Waals surface area contributed by atoms with E-state index >= 15 is 0 Å². The number of rotatable bonds is 5. The largest absolute Gasteiger partial charge is 0.306 e. The molecule has 0 amide bonds. The minimum absolute atomic E-state index is 0.147. The van der Waals surface area contributed by atoms with Crippen LogP contribution in [0, 0.1) is 5.82 Å². The summed E-state index contributed by atoms with van der Waals surface area (Å²) in [5.41, 5.74) is 4.54. The van der Waals surface area contributed by atoms with Crippen LogP contribution in [0.25, 0.3) is 0 Å². The molecular formula is C21H22FN3. The van der Waals surface area contributed by atoms with Crippen molar-refractivity contribution in [3.05, 3.63) is 89.0 Å². The summed E-state index contributed by atoms with van der Waals surface area (Å²) in [5.74, 6) is -0.147. The second kappa shape index (κ2) is 7.19. The van der Waals surface area contributed by atoms with E-state index in [0.717, 1.165) is 25.8 Å². The highest BCUT2D eigenvalue weighted by molar-refractivity contribution is 5.27.